The van der Waals surface area contributed by atoms with Crippen molar-refractivity contribution in [2.24, 2.45) is 11.8 Å². The Hall–Kier alpha value is -3.83. The number of para-hydroxylation sites is 1. The van der Waals surface area contributed by atoms with Gasteiger partial charge in [0.05, 0.1) is 6.04 Å². The van der Waals surface area contributed by atoms with Gasteiger partial charge in [-0.2, -0.15) is 0 Å². The lowest BCUT2D eigenvalue weighted by Gasteiger charge is -2.36. The number of carbonyl (C=O) groups excluding carboxylic acids is 4. The summed E-state index contributed by atoms with van der Waals surface area (Å²) in [6.07, 6.45) is 6.77. The van der Waals surface area contributed by atoms with Gasteiger partial charge in [0.1, 0.15) is 11.6 Å². The predicted molar refractivity (Wildman–Crippen MR) is 173 cm³/mol. The molecule has 4 atom stereocenters. The Morgan fingerprint density at radius 1 is 0.956 bits per heavy atom. The number of thiol groups is 1. The average molecular weight is 635 g/mol. The molecular formula is C34H42N4O6S. The Bertz CT molecular complexity index is 1450. The maximum atomic E-state index is 14.0. The van der Waals surface area contributed by atoms with Crippen molar-refractivity contribution in [3.63, 3.8) is 0 Å². The van der Waals surface area contributed by atoms with Crippen molar-refractivity contribution >= 4 is 47.2 Å². The number of hydrogen-bond donors (Lipinski definition) is 6. The van der Waals surface area contributed by atoms with Crippen LogP contribution in [0.2, 0.25) is 0 Å². The lowest BCUT2D eigenvalue weighted by atomic mass is 9.84. The second-order valence-corrected chi connectivity index (χ2v) is 12.9. The predicted octanol–water partition coefficient (Wildman–Crippen LogP) is 3.84. The minimum absolute atomic E-state index is 0.00992. The molecule has 2 heterocycles. The van der Waals surface area contributed by atoms with Gasteiger partial charge in [-0.05, 0) is 49.3 Å². The SMILES string of the molecule is O=C(N[C@@H](CC1CCCCC1)C(=O)N[C@@H](C[C@@H]1CCCNC1=O)[C@](O)(S)C(=O)NCc1ccccc1)c1cc2ccccc2o1. The van der Waals surface area contributed by atoms with Crippen LogP contribution in [0.3, 0.4) is 0 Å². The van der Waals surface area contributed by atoms with Crippen molar-refractivity contribution in [2.45, 2.75) is 81.3 Å². The van der Waals surface area contributed by atoms with E-state index < -0.39 is 40.7 Å². The molecule has 5 N–H and O–H groups in total. The summed E-state index contributed by atoms with van der Waals surface area (Å²) in [5, 5.41) is 23.5. The van der Waals surface area contributed by atoms with E-state index in [2.05, 4.69) is 33.9 Å². The summed E-state index contributed by atoms with van der Waals surface area (Å²) in [6.45, 7) is 0.692. The second-order valence-electron chi connectivity index (χ2n) is 12.2. The van der Waals surface area contributed by atoms with E-state index in [1.165, 1.54) is 0 Å². The fourth-order valence-electron chi connectivity index (χ4n) is 6.32. The average Bonchev–Trinajstić information content (AvgIpc) is 3.49. The van der Waals surface area contributed by atoms with Crippen molar-refractivity contribution < 1.29 is 28.7 Å². The van der Waals surface area contributed by atoms with E-state index in [4.69, 9.17) is 4.42 Å². The zero-order valence-electron chi connectivity index (χ0n) is 25.3. The summed E-state index contributed by atoms with van der Waals surface area (Å²) >= 11 is 4.38. The molecule has 1 saturated carbocycles. The molecule has 1 aliphatic heterocycles. The smallest absolute Gasteiger partial charge is 0.287 e. The van der Waals surface area contributed by atoms with Gasteiger partial charge in [-0.1, -0.05) is 80.6 Å². The molecule has 2 aliphatic rings. The molecule has 2 aromatic carbocycles. The number of aliphatic hydroxyl groups is 1. The molecule has 45 heavy (non-hydrogen) atoms. The number of furan rings is 1. The summed E-state index contributed by atoms with van der Waals surface area (Å²) in [6, 6.07) is 15.9. The van der Waals surface area contributed by atoms with Crippen molar-refractivity contribution in [2.75, 3.05) is 6.54 Å². The summed E-state index contributed by atoms with van der Waals surface area (Å²) in [5.41, 5.74) is 1.38. The molecule has 0 spiro atoms. The number of rotatable bonds is 12. The van der Waals surface area contributed by atoms with Crippen LogP contribution in [0, 0.1) is 11.8 Å². The first-order valence-electron chi connectivity index (χ1n) is 15.8. The zero-order valence-corrected chi connectivity index (χ0v) is 26.2. The number of benzene rings is 2. The molecule has 0 unspecified atom stereocenters. The molecule has 10 nitrogen and oxygen atoms in total. The number of piperidine rings is 1. The summed E-state index contributed by atoms with van der Waals surface area (Å²) in [5.74, 6) is -2.33. The third-order valence-corrected chi connectivity index (χ3v) is 9.43. The van der Waals surface area contributed by atoms with Crippen molar-refractivity contribution in [3.8, 4) is 0 Å². The highest BCUT2D eigenvalue weighted by molar-refractivity contribution is 7.82. The third kappa shape index (κ3) is 8.46. The van der Waals surface area contributed by atoms with Crippen LogP contribution in [0.5, 0.6) is 0 Å². The van der Waals surface area contributed by atoms with E-state index in [0.717, 1.165) is 49.5 Å². The first-order chi connectivity index (χ1) is 21.7. The molecule has 1 aromatic heterocycles. The van der Waals surface area contributed by atoms with E-state index in [1.54, 1.807) is 12.1 Å². The highest BCUT2D eigenvalue weighted by atomic mass is 32.1. The Labute approximate surface area is 268 Å². The van der Waals surface area contributed by atoms with Gasteiger partial charge in [-0.25, -0.2) is 0 Å². The van der Waals surface area contributed by atoms with Crippen LogP contribution in [-0.2, 0) is 20.9 Å². The monoisotopic (exact) mass is 634 g/mol. The molecule has 4 amide bonds. The van der Waals surface area contributed by atoms with Crippen LogP contribution < -0.4 is 21.3 Å². The summed E-state index contributed by atoms with van der Waals surface area (Å²) in [7, 11) is 0. The summed E-state index contributed by atoms with van der Waals surface area (Å²) in [4.78, 5) is 51.1. The van der Waals surface area contributed by atoms with E-state index in [-0.39, 0.29) is 30.6 Å². The zero-order chi connectivity index (χ0) is 31.8. The van der Waals surface area contributed by atoms with Gasteiger partial charge in [0.2, 0.25) is 16.7 Å². The Morgan fingerprint density at radius 3 is 2.42 bits per heavy atom. The van der Waals surface area contributed by atoms with Crippen LogP contribution in [0.4, 0.5) is 0 Å². The minimum Gasteiger partial charge on any atom is -0.451 e. The van der Waals surface area contributed by atoms with Crippen LogP contribution in [-0.4, -0.2) is 52.3 Å². The van der Waals surface area contributed by atoms with Crippen LogP contribution in [0.25, 0.3) is 11.0 Å². The standard InChI is InChI=1S/C34H42N4O6S/c39-30-25(15-9-17-35-30)20-29(34(43,45)33(42)36-21-23-12-5-2-6-13-23)38-31(40)26(18-22-10-3-1-4-11-22)37-32(41)28-19-24-14-7-8-16-27(24)44-28/h2,5-8,12-14,16,19,22,25-26,29,43,45H,1,3-4,9-11,15,17-18,20-21H2,(H,35,39)(H,36,42)(H,37,41)(H,38,40)/t25-,26-,29-,34-/m0/s1. The molecule has 2 fully saturated rings. The van der Waals surface area contributed by atoms with E-state index in [9.17, 15) is 24.3 Å². The van der Waals surface area contributed by atoms with Crippen molar-refractivity contribution in [3.05, 3.63) is 72.0 Å². The first-order valence-corrected chi connectivity index (χ1v) is 16.3. The third-order valence-electron chi connectivity index (χ3n) is 8.92. The van der Waals surface area contributed by atoms with Gasteiger partial charge < -0.3 is 30.8 Å². The van der Waals surface area contributed by atoms with Crippen LogP contribution in [0.1, 0.15) is 73.9 Å². The van der Waals surface area contributed by atoms with Crippen LogP contribution in [0.15, 0.2) is 65.1 Å². The molecule has 11 heteroatoms. The van der Waals surface area contributed by atoms with E-state index in [1.807, 2.05) is 48.5 Å². The highest BCUT2D eigenvalue weighted by Crippen LogP contribution is 2.30. The number of carbonyl (C=O) groups is 4. The molecule has 0 bridgehead atoms. The Kier molecular flexibility index (Phi) is 10.8. The van der Waals surface area contributed by atoms with Gasteiger partial charge in [0.25, 0.3) is 11.8 Å². The minimum atomic E-state index is -2.35. The fraction of sp³-hybridized carbons (Fsp3) is 0.471. The lowest BCUT2D eigenvalue weighted by molar-refractivity contribution is -0.137. The number of amides is 4. The second kappa shape index (κ2) is 15.0. The first kappa shape index (κ1) is 32.6. The fourth-order valence-corrected chi connectivity index (χ4v) is 6.57. The van der Waals surface area contributed by atoms with E-state index >= 15 is 0 Å². The molecule has 0 radical (unpaired) electrons. The number of hydrogen-bond acceptors (Lipinski definition) is 7. The molecule has 1 saturated heterocycles. The number of fused-ring (bicyclic) bond motifs is 1. The van der Waals surface area contributed by atoms with Gasteiger partial charge in [0.15, 0.2) is 5.76 Å². The lowest BCUT2D eigenvalue weighted by Crippen LogP contribution is -2.61. The maximum Gasteiger partial charge on any atom is 0.287 e. The van der Waals surface area contributed by atoms with Crippen molar-refractivity contribution in [1.82, 2.24) is 21.3 Å². The molecule has 240 valence electrons. The Morgan fingerprint density at radius 2 is 1.69 bits per heavy atom. The normalized spacial score (nSPS) is 20.0. The maximum absolute atomic E-state index is 14.0. The van der Waals surface area contributed by atoms with E-state index in [0.29, 0.717) is 25.0 Å². The highest BCUT2D eigenvalue weighted by Gasteiger charge is 2.45. The number of nitrogens with one attached hydrogen (secondary N) is 4. The van der Waals surface area contributed by atoms with Gasteiger partial charge in [0, 0.05) is 24.4 Å². The van der Waals surface area contributed by atoms with Crippen molar-refractivity contribution in [1.29, 1.82) is 0 Å². The molecule has 3 aromatic rings. The topological polar surface area (TPSA) is 150 Å². The Balaban J connectivity index is 1.36. The molecular weight excluding hydrogens is 592 g/mol. The molecule has 5 rings (SSSR count). The molecule has 1 aliphatic carbocycles. The van der Waals surface area contributed by atoms with Crippen LogP contribution >= 0.6 is 12.6 Å². The van der Waals surface area contributed by atoms with Gasteiger partial charge in [-0.15, -0.1) is 12.6 Å². The van der Waals surface area contributed by atoms with Gasteiger partial charge in [-0.3, -0.25) is 19.2 Å². The van der Waals surface area contributed by atoms with Gasteiger partial charge >= 0.3 is 0 Å². The summed E-state index contributed by atoms with van der Waals surface area (Å²) < 4.78 is 5.75. The largest absolute Gasteiger partial charge is 0.451 e. The quantitative estimate of drug-likeness (QED) is 0.132.